The van der Waals surface area contributed by atoms with Crippen molar-refractivity contribution < 1.29 is 9.59 Å². The monoisotopic (exact) mass is 268 g/mol. The molecule has 1 rings (SSSR count). The van der Waals surface area contributed by atoms with Crippen LogP contribution in [-0.2, 0) is 4.79 Å². The molecule has 5 heteroatoms. The fraction of sp³-hybridized carbons (Fsp3) is 0.385. The van der Waals surface area contributed by atoms with E-state index in [-0.39, 0.29) is 24.1 Å². The molecule has 0 saturated heterocycles. The predicted octanol–water partition coefficient (Wildman–Crippen LogP) is 2.03. The number of carbonyl (C=O) groups excluding carboxylic acids is 2. The molecule has 0 aliphatic rings. The van der Waals surface area contributed by atoms with Crippen LogP contribution in [0, 0.1) is 5.41 Å². The lowest BCUT2D eigenvalue weighted by Crippen LogP contribution is -2.38. The first-order valence-electron chi connectivity index (χ1n) is 5.62. The number of rotatable bonds is 5. The minimum Gasteiger partial charge on any atom is -0.329 e. The number of alkyl halides is 1. The smallest absolute Gasteiger partial charge is 0.221 e. The Balaban J connectivity index is 3.16. The average Bonchev–Trinajstić information content (AvgIpc) is 2.37. The zero-order chi connectivity index (χ0) is 13.8. The van der Waals surface area contributed by atoms with E-state index >= 15 is 0 Å². The Morgan fingerprint density at radius 1 is 1.39 bits per heavy atom. The van der Waals surface area contributed by atoms with E-state index in [9.17, 15) is 9.59 Å². The summed E-state index contributed by atoms with van der Waals surface area (Å²) in [6, 6.07) is 6.83. The number of benzene rings is 1. The standard InChI is InChI=1S/C13H17ClN2O2/c1-9(17)16-11-6-4-3-5-10(11)12(18)13(2,7-14)8-15/h3-6H,7-8,15H2,1-2H3,(H,16,17). The third-order valence-corrected chi connectivity index (χ3v) is 3.37. The fourth-order valence-corrected chi connectivity index (χ4v) is 1.74. The number of hydrogen-bond donors (Lipinski definition) is 2. The second-order valence-corrected chi connectivity index (χ2v) is 4.72. The Kier molecular flexibility index (Phi) is 4.87. The lowest BCUT2D eigenvalue weighted by Gasteiger charge is -2.24. The van der Waals surface area contributed by atoms with Gasteiger partial charge in [-0.05, 0) is 19.1 Å². The highest BCUT2D eigenvalue weighted by Crippen LogP contribution is 2.27. The van der Waals surface area contributed by atoms with Gasteiger partial charge in [0.1, 0.15) is 0 Å². The Morgan fingerprint density at radius 2 is 2.00 bits per heavy atom. The molecule has 1 unspecified atom stereocenters. The van der Waals surface area contributed by atoms with Crippen molar-refractivity contribution in [2.75, 3.05) is 17.7 Å². The Labute approximate surface area is 112 Å². The third-order valence-electron chi connectivity index (χ3n) is 2.78. The molecular weight excluding hydrogens is 252 g/mol. The molecule has 0 radical (unpaired) electrons. The first kappa shape index (κ1) is 14.7. The third kappa shape index (κ3) is 3.09. The number of ketones is 1. The largest absolute Gasteiger partial charge is 0.329 e. The van der Waals surface area contributed by atoms with Crippen molar-refractivity contribution in [3.63, 3.8) is 0 Å². The maximum absolute atomic E-state index is 12.4. The van der Waals surface area contributed by atoms with Crippen LogP contribution in [-0.4, -0.2) is 24.1 Å². The van der Waals surface area contributed by atoms with Crippen LogP contribution in [0.25, 0.3) is 0 Å². The number of nitrogens with two attached hydrogens (primary N) is 1. The van der Waals surface area contributed by atoms with Crippen molar-refractivity contribution in [3.05, 3.63) is 29.8 Å². The maximum atomic E-state index is 12.4. The van der Waals surface area contributed by atoms with E-state index < -0.39 is 5.41 Å². The number of anilines is 1. The van der Waals surface area contributed by atoms with Crippen molar-refractivity contribution in [2.24, 2.45) is 11.1 Å². The lowest BCUT2D eigenvalue weighted by atomic mass is 9.83. The van der Waals surface area contributed by atoms with Gasteiger partial charge in [-0.1, -0.05) is 12.1 Å². The zero-order valence-electron chi connectivity index (χ0n) is 10.5. The summed E-state index contributed by atoms with van der Waals surface area (Å²) in [5, 5.41) is 2.63. The lowest BCUT2D eigenvalue weighted by molar-refractivity contribution is -0.114. The highest BCUT2D eigenvalue weighted by Gasteiger charge is 2.33. The summed E-state index contributed by atoms with van der Waals surface area (Å²) in [4.78, 5) is 23.5. The summed E-state index contributed by atoms with van der Waals surface area (Å²) in [6.45, 7) is 3.27. The SMILES string of the molecule is CC(=O)Nc1ccccc1C(=O)C(C)(CN)CCl. The molecule has 0 bridgehead atoms. The van der Waals surface area contributed by atoms with Gasteiger partial charge in [-0.2, -0.15) is 0 Å². The zero-order valence-corrected chi connectivity index (χ0v) is 11.3. The second-order valence-electron chi connectivity index (χ2n) is 4.45. The van der Waals surface area contributed by atoms with E-state index in [1.807, 2.05) is 0 Å². The van der Waals surface area contributed by atoms with Gasteiger partial charge in [-0.25, -0.2) is 0 Å². The van der Waals surface area contributed by atoms with Crippen LogP contribution >= 0.6 is 11.6 Å². The van der Waals surface area contributed by atoms with E-state index in [1.54, 1.807) is 31.2 Å². The van der Waals surface area contributed by atoms with E-state index in [4.69, 9.17) is 17.3 Å². The summed E-state index contributed by atoms with van der Waals surface area (Å²) in [6.07, 6.45) is 0. The van der Waals surface area contributed by atoms with Crippen molar-refractivity contribution in [1.82, 2.24) is 0 Å². The van der Waals surface area contributed by atoms with Crippen molar-refractivity contribution in [2.45, 2.75) is 13.8 Å². The van der Waals surface area contributed by atoms with Gasteiger partial charge in [0.2, 0.25) is 5.91 Å². The summed E-state index contributed by atoms with van der Waals surface area (Å²) in [5.41, 5.74) is 5.71. The average molecular weight is 269 g/mol. The molecule has 3 N–H and O–H groups in total. The van der Waals surface area contributed by atoms with E-state index in [1.165, 1.54) is 6.92 Å². The fourth-order valence-electron chi connectivity index (χ4n) is 1.51. The minimum atomic E-state index is -0.823. The molecule has 98 valence electrons. The first-order valence-corrected chi connectivity index (χ1v) is 6.15. The molecule has 1 atom stereocenters. The second kappa shape index (κ2) is 5.98. The topological polar surface area (TPSA) is 72.2 Å². The highest BCUT2D eigenvalue weighted by molar-refractivity contribution is 6.21. The van der Waals surface area contributed by atoms with Crippen LogP contribution in [0.4, 0.5) is 5.69 Å². The number of nitrogens with one attached hydrogen (secondary N) is 1. The molecule has 0 fully saturated rings. The molecule has 18 heavy (non-hydrogen) atoms. The normalized spacial score (nSPS) is 13.8. The van der Waals surface area contributed by atoms with E-state index in [0.29, 0.717) is 11.3 Å². The van der Waals surface area contributed by atoms with Crippen LogP contribution in [0.3, 0.4) is 0 Å². The molecule has 1 amide bonds. The number of Topliss-reactive ketones (excluding diaryl/α,β-unsaturated/α-hetero) is 1. The number of halogens is 1. The molecule has 0 heterocycles. The van der Waals surface area contributed by atoms with Gasteiger partial charge in [0.05, 0.1) is 11.1 Å². The van der Waals surface area contributed by atoms with E-state index in [2.05, 4.69) is 5.32 Å². The quantitative estimate of drug-likeness (QED) is 0.634. The van der Waals surface area contributed by atoms with Crippen molar-refractivity contribution >= 4 is 29.0 Å². The molecular formula is C13H17ClN2O2. The predicted molar refractivity (Wildman–Crippen MR) is 73.0 cm³/mol. The molecule has 1 aromatic carbocycles. The number of para-hydroxylation sites is 1. The van der Waals surface area contributed by atoms with Crippen molar-refractivity contribution in [1.29, 1.82) is 0 Å². The molecule has 1 aromatic rings. The summed E-state index contributed by atoms with van der Waals surface area (Å²) in [7, 11) is 0. The molecule has 0 aromatic heterocycles. The van der Waals surface area contributed by atoms with Crippen LogP contribution in [0.2, 0.25) is 0 Å². The minimum absolute atomic E-state index is 0.136. The summed E-state index contributed by atoms with van der Waals surface area (Å²) in [5.74, 6) is -0.253. The van der Waals surface area contributed by atoms with Crippen molar-refractivity contribution in [3.8, 4) is 0 Å². The van der Waals surface area contributed by atoms with Gasteiger partial charge >= 0.3 is 0 Å². The van der Waals surface area contributed by atoms with Gasteiger partial charge in [0.15, 0.2) is 5.78 Å². The Hall–Kier alpha value is -1.39. The number of amides is 1. The number of carbonyl (C=O) groups is 2. The van der Waals surface area contributed by atoms with Gasteiger partial charge < -0.3 is 11.1 Å². The molecule has 0 spiro atoms. The molecule has 4 nitrogen and oxygen atoms in total. The van der Waals surface area contributed by atoms with Crippen LogP contribution in [0.15, 0.2) is 24.3 Å². The maximum Gasteiger partial charge on any atom is 0.221 e. The van der Waals surface area contributed by atoms with E-state index in [0.717, 1.165) is 0 Å². The van der Waals surface area contributed by atoms with Crippen LogP contribution in [0.1, 0.15) is 24.2 Å². The van der Waals surface area contributed by atoms with Gasteiger partial charge in [0.25, 0.3) is 0 Å². The Bertz CT molecular complexity index is 456. The highest BCUT2D eigenvalue weighted by atomic mass is 35.5. The number of hydrogen-bond acceptors (Lipinski definition) is 3. The molecule has 0 aliphatic carbocycles. The molecule has 0 aliphatic heterocycles. The first-order chi connectivity index (χ1) is 8.44. The Morgan fingerprint density at radius 3 is 2.50 bits per heavy atom. The van der Waals surface area contributed by atoms with Gasteiger partial charge in [-0.15, -0.1) is 11.6 Å². The van der Waals surface area contributed by atoms with Crippen LogP contribution < -0.4 is 11.1 Å². The van der Waals surface area contributed by atoms with Crippen LogP contribution in [0.5, 0.6) is 0 Å². The van der Waals surface area contributed by atoms with Gasteiger partial charge in [-0.3, -0.25) is 9.59 Å². The summed E-state index contributed by atoms with van der Waals surface area (Å²) < 4.78 is 0. The molecule has 0 saturated carbocycles. The summed E-state index contributed by atoms with van der Waals surface area (Å²) >= 11 is 5.82. The van der Waals surface area contributed by atoms with Gasteiger partial charge in [0, 0.05) is 24.9 Å².